The van der Waals surface area contributed by atoms with Crippen LogP contribution in [0.15, 0.2) is 24.5 Å². The number of aryl methyl sites for hydroxylation is 1. The highest BCUT2D eigenvalue weighted by Gasteiger charge is 2.17. The summed E-state index contributed by atoms with van der Waals surface area (Å²) in [6.45, 7) is 2.86. The van der Waals surface area contributed by atoms with Gasteiger partial charge in [-0.3, -0.25) is 19.0 Å². The third-order valence-electron chi connectivity index (χ3n) is 3.01. The second-order valence-electron chi connectivity index (χ2n) is 4.59. The number of hydrogen-bond acceptors (Lipinski definition) is 4. The Morgan fingerprint density at radius 1 is 1.38 bits per heavy atom. The van der Waals surface area contributed by atoms with E-state index in [0.717, 1.165) is 12.2 Å². The number of aliphatic carboxylic acids is 1. The lowest BCUT2D eigenvalue weighted by Crippen LogP contribution is -2.28. The highest BCUT2D eigenvalue weighted by atomic mass is 16.4. The predicted octanol–water partition coefficient (Wildman–Crippen LogP) is 0.456. The van der Waals surface area contributed by atoms with Crippen LogP contribution in [0.25, 0.3) is 0 Å². The quantitative estimate of drug-likeness (QED) is 0.834. The van der Waals surface area contributed by atoms with Gasteiger partial charge in [-0.2, -0.15) is 10.2 Å². The van der Waals surface area contributed by atoms with E-state index in [1.165, 1.54) is 21.8 Å². The van der Waals surface area contributed by atoms with E-state index in [-0.39, 0.29) is 18.1 Å². The average molecular weight is 291 g/mol. The van der Waals surface area contributed by atoms with Crippen LogP contribution in [-0.2, 0) is 24.4 Å². The normalized spacial score (nSPS) is 10.6. The molecule has 0 aliphatic carbocycles. The van der Waals surface area contributed by atoms with Crippen LogP contribution in [0.3, 0.4) is 0 Å². The summed E-state index contributed by atoms with van der Waals surface area (Å²) in [6, 6.07) is 3.37. The molecule has 8 heteroatoms. The molecule has 0 saturated carbocycles. The molecule has 0 atom stereocenters. The molecule has 0 bridgehead atoms. The molecule has 0 saturated heterocycles. The van der Waals surface area contributed by atoms with Crippen LogP contribution in [0.1, 0.15) is 23.1 Å². The molecule has 2 aromatic heterocycles. The highest BCUT2D eigenvalue weighted by Crippen LogP contribution is 2.07. The Morgan fingerprint density at radius 3 is 2.81 bits per heavy atom. The molecule has 2 rings (SSSR count). The second kappa shape index (κ2) is 6.21. The van der Waals surface area contributed by atoms with Gasteiger partial charge in [0.1, 0.15) is 12.2 Å². The van der Waals surface area contributed by atoms with Gasteiger partial charge < -0.3 is 10.0 Å². The molecule has 0 radical (unpaired) electrons. The Bertz CT molecular complexity index is 646. The number of carbonyl (C=O) groups is 2. The first-order valence-corrected chi connectivity index (χ1v) is 6.52. The van der Waals surface area contributed by atoms with Gasteiger partial charge in [-0.15, -0.1) is 0 Å². The van der Waals surface area contributed by atoms with E-state index in [2.05, 4.69) is 10.2 Å². The van der Waals surface area contributed by atoms with Crippen LogP contribution in [0.5, 0.6) is 0 Å². The number of nitrogens with zero attached hydrogens (tertiary/aromatic N) is 5. The van der Waals surface area contributed by atoms with Crippen LogP contribution >= 0.6 is 0 Å². The monoisotopic (exact) mass is 291 g/mol. The summed E-state index contributed by atoms with van der Waals surface area (Å²) < 4.78 is 3.03. The molecule has 112 valence electrons. The lowest BCUT2D eigenvalue weighted by atomic mass is 10.3. The molecule has 0 aliphatic rings. The van der Waals surface area contributed by atoms with Crippen molar-refractivity contribution in [3.05, 3.63) is 35.9 Å². The Hall–Kier alpha value is -2.64. The van der Waals surface area contributed by atoms with Gasteiger partial charge in [0.15, 0.2) is 0 Å². The molecule has 2 aromatic rings. The zero-order valence-electron chi connectivity index (χ0n) is 11.9. The summed E-state index contributed by atoms with van der Waals surface area (Å²) in [5.74, 6) is -1.26. The van der Waals surface area contributed by atoms with Gasteiger partial charge in [-0.25, -0.2) is 0 Å². The van der Waals surface area contributed by atoms with Gasteiger partial charge in [-0.05, 0) is 19.1 Å². The SMILES string of the molecule is CCn1nccc1CN(C)C(=O)c1ccn(CC(=O)O)n1. The number of carbonyl (C=O) groups excluding carboxylic acids is 1. The fraction of sp³-hybridized carbons (Fsp3) is 0.385. The minimum Gasteiger partial charge on any atom is -0.480 e. The van der Waals surface area contributed by atoms with Gasteiger partial charge in [0.25, 0.3) is 5.91 Å². The van der Waals surface area contributed by atoms with Crippen LogP contribution in [0.2, 0.25) is 0 Å². The van der Waals surface area contributed by atoms with E-state index in [0.29, 0.717) is 6.54 Å². The Labute approximate surface area is 121 Å². The molecule has 21 heavy (non-hydrogen) atoms. The van der Waals surface area contributed by atoms with Crippen LogP contribution < -0.4 is 0 Å². The van der Waals surface area contributed by atoms with Crippen LogP contribution in [0, 0.1) is 0 Å². The Balaban J connectivity index is 2.05. The summed E-state index contributed by atoms with van der Waals surface area (Å²) >= 11 is 0. The van der Waals surface area contributed by atoms with E-state index >= 15 is 0 Å². The lowest BCUT2D eigenvalue weighted by molar-refractivity contribution is -0.137. The number of hydrogen-bond donors (Lipinski definition) is 1. The summed E-state index contributed by atoms with van der Waals surface area (Å²) in [7, 11) is 1.67. The predicted molar refractivity (Wildman–Crippen MR) is 73.6 cm³/mol. The van der Waals surface area contributed by atoms with Crippen molar-refractivity contribution in [1.82, 2.24) is 24.5 Å². The van der Waals surface area contributed by atoms with Crippen molar-refractivity contribution in [3.8, 4) is 0 Å². The molecule has 0 fully saturated rings. The van der Waals surface area contributed by atoms with Gasteiger partial charge in [0, 0.05) is 26.0 Å². The molecule has 8 nitrogen and oxygen atoms in total. The minimum absolute atomic E-state index is 0.223. The molecule has 1 N–H and O–H groups in total. The largest absolute Gasteiger partial charge is 0.480 e. The standard InChI is InChI=1S/C13H17N5O3/c1-3-18-10(4-6-14-18)8-16(2)13(21)11-5-7-17(15-11)9-12(19)20/h4-7H,3,8-9H2,1-2H3,(H,19,20). The van der Waals surface area contributed by atoms with Gasteiger partial charge in [-0.1, -0.05) is 0 Å². The summed E-state index contributed by atoms with van der Waals surface area (Å²) in [4.78, 5) is 24.4. The lowest BCUT2D eigenvalue weighted by Gasteiger charge is -2.16. The topological polar surface area (TPSA) is 93.2 Å². The van der Waals surface area contributed by atoms with E-state index in [4.69, 9.17) is 5.11 Å². The summed E-state index contributed by atoms with van der Waals surface area (Å²) in [5, 5.41) is 16.8. The van der Waals surface area contributed by atoms with Gasteiger partial charge in [0.05, 0.1) is 12.2 Å². The zero-order valence-corrected chi connectivity index (χ0v) is 11.9. The van der Waals surface area contributed by atoms with E-state index in [1.54, 1.807) is 13.2 Å². The van der Waals surface area contributed by atoms with Crippen molar-refractivity contribution >= 4 is 11.9 Å². The van der Waals surface area contributed by atoms with Crippen molar-refractivity contribution in [1.29, 1.82) is 0 Å². The zero-order chi connectivity index (χ0) is 15.4. The fourth-order valence-corrected chi connectivity index (χ4v) is 1.99. The molecular weight excluding hydrogens is 274 g/mol. The molecular formula is C13H17N5O3. The maximum Gasteiger partial charge on any atom is 0.325 e. The maximum absolute atomic E-state index is 12.2. The van der Waals surface area contributed by atoms with Crippen LogP contribution in [0.4, 0.5) is 0 Å². The first kappa shape index (κ1) is 14.8. The summed E-state index contributed by atoms with van der Waals surface area (Å²) in [6.07, 6.45) is 3.17. The first-order valence-electron chi connectivity index (χ1n) is 6.52. The third kappa shape index (κ3) is 3.47. The van der Waals surface area contributed by atoms with E-state index < -0.39 is 5.97 Å². The average Bonchev–Trinajstić information content (AvgIpc) is 3.06. The minimum atomic E-state index is -1.00. The van der Waals surface area contributed by atoms with Crippen molar-refractivity contribution in [3.63, 3.8) is 0 Å². The maximum atomic E-state index is 12.2. The molecule has 0 spiro atoms. The highest BCUT2D eigenvalue weighted by molar-refractivity contribution is 5.92. The Kier molecular flexibility index (Phi) is 4.36. The third-order valence-corrected chi connectivity index (χ3v) is 3.01. The number of carboxylic acids is 1. The van der Waals surface area contributed by atoms with Crippen molar-refractivity contribution in [2.75, 3.05) is 7.05 Å². The fourth-order valence-electron chi connectivity index (χ4n) is 1.99. The van der Waals surface area contributed by atoms with E-state index in [1.807, 2.05) is 17.7 Å². The molecule has 1 amide bonds. The van der Waals surface area contributed by atoms with Crippen molar-refractivity contribution in [2.45, 2.75) is 26.6 Å². The summed E-state index contributed by atoms with van der Waals surface area (Å²) in [5.41, 5.74) is 1.15. The van der Waals surface area contributed by atoms with Gasteiger partial charge >= 0.3 is 5.97 Å². The molecule has 0 aliphatic heterocycles. The van der Waals surface area contributed by atoms with Crippen molar-refractivity contribution < 1.29 is 14.7 Å². The first-order chi connectivity index (χ1) is 10.0. The van der Waals surface area contributed by atoms with E-state index in [9.17, 15) is 9.59 Å². The van der Waals surface area contributed by atoms with Gasteiger partial charge in [0.2, 0.25) is 0 Å². The molecule has 2 heterocycles. The number of aromatic nitrogens is 4. The van der Waals surface area contributed by atoms with Crippen molar-refractivity contribution in [2.24, 2.45) is 0 Å². The second-order valence-corrected chi connectivity index (χ2v) is 4.59. The smallest absolute Gasteiger partial charge is 0.325 e. The number of amides is 1. The molecule has 0 unspecified atom stereocenters. The number of rotatable bonds is 6. The number of carboxylic acid groups (broad SMARTS) is 1. The molecule has 0 aromatic carbocycles. The Morgan fingerprint density at radius 2 is 2.14 bits per heavy atom. The van der Waals surface area contributed by atoms with Crippen LogP contribution in [-0.4, -0.2) is 48.5 Å².